The van der Waals surface area contributed by atoms with Crippen molar-refractivity contribution in [3.63, 3.8) is 0 Å². The van der Waals surface area contributed by atoms with Crippen LogP contribution in [0.3, 0.4) is 0 Å². The molecule has 126 valence electrons. The monoisotopic (exact) mass is 317 g/mol. The molecule has 1 aromatic rings. The van der Waals surface area contributed by atoms with Gasteiger partial charge in [-0.3, -0.25) is 4.79 Å². The van der Waals surface area contributed by atoms with Crippen molar-refractivity contribution >= 4 is 5.91 Å². The third-order valence-electron chi connectivity index (χ3n) is 6.64. The molecule has 2 bridgehead atoms. The molecule has 1 saturated heterocycles. The molecule has 4 fully saturated rings. The fourth-order valence-electron chi connectivity index (χ4n) is 5.00. The minimum atomic E-state index is 0.0554. The Kier molecular flexibility index (Phi) is 3.71. The number of ether oxygens (including phenoxy) is 1. The van der Waals surface area contributed by atoms with Gasteiger partial charge in [-0.05, 0) is 42.4 Å². The SMILES string of the molecule is CC1(C)[C@H]2CC[C@@H](Cn3ccnc3C(=O)N3CCOCC3)[C@@H]1C2. The predicted octanol–water partition coefficient (Wildman–Crippen LogP) is 2.43. The van der Waals surface area contributed by atoms with Gasteiger partial charge in [-0.1, -0.05) is 13.8 Å². The molecule has 5 nitrogen and oxygen atoms in total. The average Bonchev–Trinajstić information content (AvgIpc) is 3.03. The lowest BCUT2D eigenvalue weighted by atomic mass is 9.45. The van der Waals surface area contributed by atoms with Crippen molar-refractivity contribution in [2.45, 2.75) is 39.7 Å². The van der Waals surface area contributed by atoms with Crippen LogP contribution in [-0.4, -0.2) is 46.7 Å². The van der Waals surface area contributed by atoms with Gasteiger partial charge in [0.05, 0.1) is 13.2 Å². The Morgan fingerprint density at radius 2 is 2.13 bits per heavy atom. The van der Waals surface area contributed by atoms with E-state index < -0.39 is 0 Å². The molecule has 0 N–H and O–H groups in total. The number of amides is 1. The molecule has 3 aliphatic carbocycles. The summed E-state index contributed by atoms with van der Waals surface area (Å²) in [6, 6.07) is 0. The van der Waals surface area contributed by atoms with Crippen molar-refractivity contribution in [2.24, 2.45) is 23.2 Å². The Morgan fingerprint density at radius 3 is 2.83 bits per heavy atom. The lowest BCUT2D eigenvalue weighted by Gasteiger charge is -2.60. The number of carbonyl (C=O) groups is 1. The van der Waals surface area contributed by atoms with Crippen LogP contribution in [-0.2, 0) is 11.3 Å². The number of fused-ring (bicyclic) bond motifs is 2. The molecule has 3 saturated carbocycles. The van der Waals surface area contributed by atoms with Crippen molar-refractivity contribution < 1.29 is 9.53 Å². The zero-order chi connectivity index (χ0) is 16.0. The first-order chi connectivity index (χ1) is 11.1. The topological polar surface area (TPSA) is 47.4 Å². The second kappa shape index (κ2) is 5.62. The summed E-state index contributed by atoms with van der Waals surface area (Å²) in [4.78, 5) is 19.0. The maximum absolute atomic E-state index is 12.7. The molecule has 0 spiro atoms. The lowest BCUT2D eigenvalue weighted by molar-refractivity contribution is -0.109. The smallest absolute Gasteiger partial charge is 0.290 e. The predicted molar refractivity (Wildman–Crippen MR) is 87.1 cm³/mol. The van der Waals surface area contributed by atoms with Crippen molar-refractivity contribution in [1.82, 2.24) is 14.5 Å². The number of rotatable bonds is 3. The van der Waals surface area contributed by atoms with E-state index in [0.717, 1.165) is 18.4 Å². The molecule has 5 heteroatoms. The van der Waals surface area contributed by atoms with Crippen LogP contribution >= 0.6 is 0 Å². The molecule has 0 unspecified atom stereocenters. The van der Waals surface area contributed by atoms with Gasteiger partial charge in [0.25, 0.3) is 5.91 Å². The molecule has 0 radical (unpaired) electrons. The number of aromatic nitrogens is 2. The zero-order valence-electron chi connectivity index (χ0n) is 14.2. The maximum Gasteiger partial charge on any atom is 0.290 e. The van der Waals surface area contributed by atoms with E-state index in [9.17, 15) is 4.79 Å². The third kappa shape index (κ3) is 2.49. The van der Waals surface area contributed by atoms with Gasteiger partial charge in [-0.15, -0.1) is 0 Å². The highest BCUT2D eigenvalue weighted by Crippen LogP contribution is 2.61. The van der Waals surface area contributed by atoms with Crippen molar-refractivity contribution in [3.8, 4) is 0 Å². The second-order valence-corrected chi connectivity index (χ2v) is 8.01. The Hall–Kier alpha value is -1.36. The molecular formula is C18H27N3O2. The number of imidazole rings is 1. The van der Waals surface area contributed by atoms with E-state index in [1.54, 1.807) is 6.20 Å². The summed E-state index contributed by atoms with van der Waals surface area (Å²) in [5.74, 6) is 3.06. The Morgan fingerprint density at radius 1 is 1.35 bits per heavy atom. The van der Waals surface area contributed by atoms with Crippen molar-refractivity contribution in [2.75, 3.05) is 26.3 Å². The third-order valence-corrected chi connectivity index (χ3v) is 6.64. The van der Waals surface area contributed by atoms with Gasteiger partial charge in [-0.2, -0.15) is 0 Å². The molecule has 0 aromatic carbocycles. The summed E-state index contributed by atoms with van der Waals surface area (Å²) >= 11 is 0. The summed E-state index contributed by atoms with van der Waals surface area (Å²) in [5.41, 5.74) is 0.484. The Balaban J connectivity index is 1.48. The molecule has 1 aliphatic heterocycles. The average molecular weight is 317 g/mol. The standard InChI is InChI=1S/C18H27N3O2/c1-18(2)14-4-3-13(15(18)11-14)12-21-6-5-19-16(21)17(22)20-7-9-23-10-8-20/h5-6,13-15H,3-4,7-12H2,1-2H3/t13-,14-,15-/m0/s1. The van der Waals surface area contributed by atoms with Crippen LogP contribution in [0.1, 0.15) is 43.7 Å². The van der Waals surface area contributed by atoms with Gasteiger partial charge in [0.1, 0.15) is 0 Å². The molecular weight excluding hydrogens is 290 g/mol. The van der Waals surface area contributed by atoms with Gasteiger partial charge >= 0.3 is 0 Å². The molecule has 23 heavy (non-hydrogen) atoms. The highest BCUT2D eigenvalue weighted by Gasteiger charge is 2.54. The summed E-state index contributed by atoms with van der Waals surface area (Å²) in [6.07, 6.45) is 7.76. The van der Waals surface area contributed by atoms with Gasteiger partial charge in [-0.25, -0.2) is 4.98 Å². The highest BCUT2D eigenvalue weighted by atomic mass is 16.5. The maximum atomic E-state index is 12.7. The van der Waals surface area contributed by atoms with Crippen LogP contribution in [0.2, 0.25) is 0 Å². The summed E-state index contributed by atoms with van der Waals surface area (Å²) in [6.45, 7) is 8.39. The van der Waals surface area contributed by atoms with E-state index in [1.807, 2.05) is 11.1 Å². The quantitative estimate of drug-likeness (QED) is 0.860. The Labute approximate surface area is 138 Å². The van der Waals surface area contributed by atoms with E-state index >= 15 is 0 Å². The van der Waals surface area contributed by atoms with Gasteiger partial charge in [0.2, 0.25) is 0 Å². The fraction of sp³-hybridized carbons (Fsp3) is 0.778. The van der Waals surface area contributed by atoms with Crippen LogP contribution in [0.5, 0.6) is 0 Å². The van der Waals surface area contributed by atoms with Crippen LogP contribution in [0, 0.1) is 23.2 Å². The molecule has 3 atom stereocenters. The van der Waals surface area contributed by atoms with E-state index in [2.05, 4.69) is 23.4 Å². The van der Waals surface area contributed by atoms with Crippen LogP contribution in [0.4, 0.5) is 0 Å². The second-order valence-electron chi connectivity index (χ2n) is 8.01. The molecule has 5 rings (SSSR count). The molecule has 1 aromatic heterocycles. The van der Waals surface area contributed by atoms with Crippen LogP contribution < -0.4 is 0 Å². The molecule has 4 aliphatic rings. The fourth-order valence-corrected chi connectivity index (χ4v) is 5.00. The first-order valence-electron chi connectivity index (χ1n) is 8.95. The largest absolute Gasteiger partial charge is 0.378 e. The first-order valence-corrected chi connectivity index (χ1v) is 8.95. The first kappa shape index (κ1) is 15.2. The van der Waals surface area contributed by atoms with Crippen LogP contribution in [0.25, 0.3) is 0 Å². The van der Waals surface area contributed by atoms with Crippen molar-refractivity contribution in [1.29, 1.82) is 0 Å². The normalized spacial score (nSPS) is 32.4. The summed E-state index contributed by atoms with van der Waals surface area (Å²) in [5, 5.41) is 0. The number of nitrogens with zero attached hydrogens (tertiary/aromatic N) is 3. The highest BCUT2D eigenvalue weighted by molar-refractivity contribution is 5.90. The zero-order valence-corrected chi connectivity index (χ0v) is 14.2. The summed E-state index contributed by atoms with van der Waals surface area (Å²) in [7, 11) is 0. The van der Waals surface area contributed by atoms with Crippen LogP contribution in [0.15, 0.2) is 12.4 Å². The number of hydrogen-bond acceptors (Lipinski definition) is 3. The minimum absolute atomic E-state index is 0.0554. The number of carbonyl (C=O) groups excluding carboxylic acids is 1. The Bertz CT molecular complexity index is 587. The van der Waals surface area contributed by atoms with E-state index in [4.69, 9.17) is 4.74 Å². The van der Waals surface area contributed by atoms with E-state index in [-0.39, 0.29) is 5.91 Å². The van der Waals surface area contributed by atoms with Gasteiger partial charge in [0, 0.05) is 32.0 Å². The lowest BCUT2D eigenvalue weighted by Crippen LogP contribution is -2.53. The molecule has 1 amide bonds. The molecule has 2 heterocycles. The van der Waals surface area contributed by atoms with Gasteiger partial charge < -0.3 is 14.2 Å². The summed E-state index contributed by atoms with van der Waals surface area (Å²) < 4.78 is 7.43. The number of morpholine rings is 1. The van der Waals surface area contributed by atoms with E-state index in [1.165, 1.54) is 19.3 Å². The minimum Gasteiger partial charge on any atom is -0.378 e. The number of hydrogen-bond donors (Lipinski definition) is 0. The van der Waals surface area contributed by atoms with Gasteiger partial charge in [0.15, 0.2) is 5.82 Å². The van der Waals surface area contributed by atoms with E-state index in [0.29, 0.717) is 43.5 Å². The van der Waals surface area contributed by atoms with Crippen molar-refractivity contribution in [3.05, 3.63) is 18.2 Å².